The molecule has 0 amide bonds. The Bertz CT molecular complexity index is 2110. The molecule has 5 nitrogen and oxygen atoms in total. The average Bonchev–Trinajstić information content (AvgIpc) is 3.14. The van der Waals surface area contributed by atoms with Crippen molar-refractivity contribution in [3.63, 3.8) is 0 Å². The molecule has 6 rings (SSSR count). The quantitative estimate of drug-likeness (QED) is 0.158. The van der Waals surface area contributed by atoms with E-state index in [4.69, 9.17) is 15.2 Å². The number of ether oxygens (including phenoxy) is 2. The van der Waals surface area contributed by atoms with Crippen molar-refractivity contribution in [2.45, 2.75) is 20.8 Å². The van der Waals surface area contributed by atoms with Crippen LogP contribution in [0.15, 0.2) is 133 Å². The first-order valence-corrected chi connectivity index (χ1v) is 16.3. The number of nitrogens with two attached hydrogens (primary N) is 1. The first-order chi connectivity index (χ1) is 23.8. The lowest BCUT2D eigenvalue weighted by molar-refractivity contribution is 0.102. The first kappa shape index (κ1) is 34.6. The number of hydrogen-bond acceptors (Lipinski definition) is 5. The van der Waals surface area contributed by atoms with E-state index in [0.717, 1.165) is 51.1 Å². The molecule has 0 spiro atoms. The highest BCUT2D eigenvalue weighted by Gasteiger charge is 2.21. The molecular weight excluding hydrogens is 606 g/mol. The minimum absolute atomic E-state index is 0.0819. The van der Waals surface area contributed by atoms with E-state index in [1.54, 1.807) is 26.4 Å². The lowest BCUT2D eigenvalue weighted by atomic mass is 9.87. The van der Waals surface area contributed by atoms with Gasteiger partial charge in [-0.3, -0.25) is 9.59 Å². The normalized spacial score (nSPS) is 10.5. The van der Waals surface area contributed by atoms with Gasteiger partial charge < -0.3 is 15.2 Å². The number of methoxy groups -OCH3 is 2. The number of aryl methyl sites for hydroxylation is 2. The van der Waals surface area contributed by atoms with Crippen LogP contribution in [0.4, 0.5) is 0 Å². The maximum atomic E-state index is 13.8. The number of para-hydroxylation sites is 1. The number of rotatable bonds is 9. The molecule has 0 saturated heterocycles. The molecule has 0 radical (unpaired) electrons. The number of carbonyl (C=O) groups is 2. The predicted molar refractivity (Wildman–Crippen MR) is 200 cm³/mol. The summed E-state index contributed by atoms with van der Waals surface area (Å²) in [5, 5.41) is 0. The minimum Gasteiger partial charge on any atom is -0.496 e. The third-order valence-corrected chi connectivity index (χ3v) is 8.43. The zero-order valence-electron chi connectivity index (χ0n) is 28.6. The van der Waals surface area contributed by atoms with E-state index in [-0.39, 0.29) is 11.6 Å². The molecule has 0 saturated carbocycles. The van der Waals surface area contributed by atoms with Crippen LogP contribution in [0.3, 0.4) is 0 Å². The van der Waals surface area contributed by atoms with Crippen LogP contribution in [0.2, 0.25) is 0 Å². The van der Waals surface area contributed by atoms with Crippen molar-refractivity contribution in [1.29, 1.82) is 0 Å². The Kier molecular flexibility index (Phi) is 11.2. The molecule has 6 aromatic carbocycles. The van der Waals surface area contributed by atoms with E-state index in [9.17, 15) is 9.59 Å². The van der Waals surface area contributed by atoms with Gasteiger partial charge >= 0.3 is 0 Å². The van der Waals surface area contributed by atoms with Gasteiger partial charge in [-0.05, 0) is 95.2 Å². The Morgan fingerprint density at radius 3 is 1.47 bits per heavy atom. The number of hydrogen-bond donors (Lipinski definition) is 1. The maximum Gasteiger partial charge on any atom is 0.197 e. The zero-order valence-corrected chi connectivity index (χ0v) is 28.6. The molecule has 246 valence electrons. The van der Waals surface area contributed by atoms with Gasteiger partial charge in [0.15, 0.2) is 11.6 Å². The van der Waals surface area contributed by atoms with Gasteiger partial charge in [0.05, 0.1) is 25.3 Å². The summed E-state index contributed by atoms with van der Waals surface area (Å²) in [4.78, 5) is 27.5. The Morgan fingerprint density at radius 1 is 0.490 bits per heavy atom. The SMILES string of the molecule is CCN.COc1ccccc1C(=O)c1cc(-c2ccccc2-c2ccccc2-c2ccc(OC)c(C(=O)c3ccccc3C)c2)ccc1C. The molecule has 0 aliphatic heterocycles. The molecular formula is C44H41NO4. The van der Waals surface area contributed by atoms with Crippen molar-refractivity contribution in [3.8, 4) is 44.9 Å². The van der Waals surface area contributed by atoms with Gasteiger partial charge in [0.1, 0.15) is 11.5 Å². The summed E-state index contributed by atoms with van der Waals surface area (Å²) in [6.07, 6.45) is 0. The number of ketones is 2. The summed E-state index contributed by atoms with van der Waals surface area (Å²) in [5.74, 6) is 0.911. The zero-order chi connectivity index (χ0) is 34.9. The second kappa shape index (κ2) is 15.9. The highest BCUT2D eigenvalue weighted by molar-refractivity contribution is 6.13. The predicted octanol–water partition coefficient (Wildman–Crippen LogP) is 9.75. The molecule has 0 bridgehead atoms. The summed E-state index contributed by atoms with van der Waals surface area (Å²) in [7, 11) is 3.16. The van der Waals surface area contributed by atoms with Gasteiger partial charge in [0, 0.05) is 11.1 Å². The van der Waals surface area contributed by atoms with E-state index in [1.165, 1.54) is 0 Å². The highest BCUT2D eigenvalue weighted by atomic mass is 16.5. The Balaban J connectivity index is 0.00000151. The van der Waals surface area contributed by atoms with Gasteiger partial charge in [0.25, 0.3) is 0 Å². The van der Waals surface area contributed by atoms with E-state index in [1.807, 2.05) is 112 Å². The summed E-state index contributed by atoms with van der Waals surface area (Å²) in [6.45, 7) is 6.54. The summed E-state index contributed by atoms with van der Waals surface area (Å²) >= 11 is 0. The van der Waals surface area contributed by atoms with E-state index in [2.05, 4.69) is 30.3 Å². The summed E-state index contributed by atoms with van der Waals surface area (Å²) < 4.78 is 11.1. The van der Waals surface area contributed by atoms with Gasteiger partial charge in [0.2, 0.25) is 0 Å². The standard InChI is InChI=1S/C42H34O4.C2H7N/c1-27-13-5-6-14-31(27)41(43)38-26-30(23-24-40(38)46-4)33-16-8-10-18-35(33)34-17-9-7-15-32(34)29-22-21-28(2)37(25-29)42(44)36-19-11-12-20-39(36)45-3;1-2-3/h5-26H,1-4H3;2-3H2,1H3. The molecule has 0 atom stereocenters. The van der Waals surface area contributed by atoms with E-state index in [0.29, 0.717) is 33.8 Å². The third kappa shape index (κ3) is 7.38. The summed E-state index contributed by atoms with van der Waals surface area (Å²) in [6, 6.07) is 43.1. The van der Waals surface area contributed by atoms with E-state index >= 15 is 0 Å². The Hall–Kier alpha value is -5.78. The lowest BCUT2D eigenvalue weighted by Gasteiger charge is -2.17. The summed E-state index contributed by atoms with van der Waals surface area (Å²) in [5.41, 5.74) is 14.8. The first-order valence-electron chi connectivity index (χ1n) is 16.3. The second-order valence-electron chi connectivity index (χ2n) is 11.6. The average molecular weight is 648 g/mol. The largest absolute Gasteiger partial charge is 0.496 e. The monoisotopic (exact) mass is 647 g/mol. The lowest BCUT2D eigenvalue weighted by Crippen LogP contribution is -2.06. The molecule has 0 aliphatic rings. The van der Waals surface area contributed by atoms with Crippen molar-refractivity contribution < 1.29 is 19.1 Å². The van der Waals surface area contributed by atoms with Crippen LogP contribution in [-0.4, -0.2) is 32.3 Å². The highest BCUT2D eigenvalue weighted by Crippen LogP contribution is 2.40. The molecule has 49 heavy (non-hydrogen) atoms. The molecule has 6 aromatic rings. The maximum absolute atomic E-state index is 13.8. The van der Waals surface area contributed by atoms with Crippen LogP contribution in [-0.2, 0) is 0 Å². The molecule has 0 fully saturated rings. The minimum atomic E-state index is -0.0845. The molecule has 0 heterocycles. The van der Waals surface area contributed by atoms with Crippen LogP contribution in [0, 0.1) is 13.8 Å². The molecule has 0 aromatic heterocycles. The fourth-order valence-electron chi connectivity index (χ4n) is 5.98. The Morgan fingerprint density at radius 2 is 0.898 bits per heavy atom. The fourth-order valence-corrected chi connectivity index (χ4v) is 5.98. The van der Waals surface area contributed by atoms with Gasteiger partial charge in [-0.15, -0.1) is 0 Å². The van der Waals surface area contributed by atoms with Crippen molar-refractivity contribution in [2.75, 3.05) is 20.8 Å². The van der Waals surface area contributed by atoms with Crippen molar-refractivity contribution in [3.05, 3.63) is 167 Å². The Labute approximate surface area is 289 Å². The molecule has 2 N–H and O–H groups in total. The third-order valence-electron chi connectivity index (χ3n) is 8.43. The van der Waals surface area contributed by atoms with Crippen LogP contribution in [0.5, 0.6) is 11.5 Å². The van der Waals surface area contributed by atoms with Crippen molar-refractivity contribution in [2.24, 2.45) is 5.73 Å². The van der Waals surface area contributed by atoms with Crippen LogP contribution < -0.4 is 15.2 Å². The van der Waals surface area contributed by atoms with Crippen LogP contribution >= 0.6 is 0 Å². The van der Waals surface area contributed by atoms with Gasteiger partial charge in [-0.1, -0.05) is 110 Å². The fraction of sp³-hybridized carbons (Fsp3) is 0.136. The van der Waals surface area contributed by atoms with Gasteiger partial charge in [-0.25, -0.2) is 0 Å². The van der Waals surface area contributed by atoms with Crippen LogP contribution in [0.1, 0.15) is 49.9 Å². The number of benzene rings is 6. The second-order valence-corrected chi connectivity index (χ2v) is 11.6. The van der Waals surface area contributed by atoms with E-state index < -0.39 is 0 Å². The van der Waals surface area contributed by atoms with Crippen molar-refractivity contribution >= 4 is 11.6 Å². The molecule has 5 heteroatoms. The van der Waals surface area contributed by atoms with Crippen molar-refractivity contribution in [1.82, 2.24) is 0 Å². The smallest absolute Gasteiger partial charge is 0.197 e. The topological polar surface area (TPSA) is 78.6 Å². The molecule has 0 aliphatic carbocycles. The van der Waals surface area contributed by atoms with Crippen LogP contribution in [0.25, 0.3) is 33.4 Å². The molecule has 0 unspecified atom stereocenters. The van der Waals surface area contributed by atoms with Gasteiger partial charge in [-0.2, -0.15) is 0 Å². The number of carbonyl (C=O) groups excluding carboxylic acids is 2.